The van der Waals surface area contributed by atoms with Crippen LogP contribution >= 0.6 is 15.9 Å². The molecule has 1 heteroatoms. The third kappa shape index (κ3) is 2.22. The summed E-state index contributed by atoms with van der Waals surface area (Å²) in [7, 11) is 0. The summed E-state index contributed by atoms with van der Waals surface area (Å²) >= 11 is 4.42. The molecular formula is C30H43Br. The Morgan fingerprint density at radius 1 is 0.355 bits per heavy atom. The smallest absolute Gasteiger partial charge is 0.0268 e. The van der Waals surface area contributed by atoms with Gasteiger partial charge in [-0.15, -0.1) is 0 Å². The van der Waals surface area contributed by atoms with Crippen LogP contribution in [0.2, 0.25) is 0 Å². The molecule has 12 fully saturated rings. The lowest BCUT2D eigenvalue weighted by molar-refractivity contribution is -0.265. The van der Waals surface area contributed by atoms with E-state index in [1.807, 2.05) is 0 Å². The molecule has 12 rings (SSSR count). The first-order valence-electron chi connectivity index (χ1n) is 14.6. The topological polar surface area (TPSA) is 0 Å². The van der Waals surface area contributed by atoms with E-state index in [2.05, 4.69) is 15.9 Å². The van der Waals surface area contributed by atoms with Gasteiger partial charge in [-0.3, -0.25) is 0 Å². The average molecular weight is 484 g/mol. The zero-order valence-corrected chi connectivity index (χ0v) is 21.2. The Morgan fingerprint density at radius 2 is 0.677 bits per heavy atom. The number of alkyl halides is 1. The van der Waals surface area contributed by atoms with Gasteiger partial charge in [-0.25, -0.2) is 0 Å². The molecule has 12 saturated carbocycles. The van der Waals surface area contributed by atoms with Crippen molar-refractivity contribution in [3.8, 4) is 0 Å². The zero-order chi connectivity index (χ0) is 20.3. The molecule has 0 N–H and O–H groups in total. The van der Waals surface area contributed by atoms with Crippen LogP contribution in [0.4, 0.5) is 0 Å². The van der Waals surface area contributed by atoms with Gasteiger partial charge in [0.05, 0.1) is 0 Å². The lowest BCUT2D eigenvalue weighted by Crippen LogP contribution is -2.68. The standard InChI is InChI=1S/C30H43Br/c31-30-15-24-5-25(16-30)14-29(13-24,18-30)28-11-22-4-23(12-28)10-27(9-22,17-28)26-6-19-1-20(7-26)3-21(2-19)8-26/h19-25H,1-18H2. The third-order valence-electron chi connectivity index (χ3n) is 14.3. The van der Waals surface area contributed by atoms with Crippen LogP contribution in [0.1, 0.15) is 116 Å². The molecular weight excluding hydrogens is 440 g/mol. The highest BCUT2D eigenvalue weighted by atomic mass is 79.9. The summed E-state index contributed by atoms with van der Waals surface area (Å²) in [5, 5.41) is 0. The van der Waals surface area contributed by atoms with E-state index in [-0.39, 0.29) is 0 Å². The van der Waals surface area contributed by atoms with Crippen molar-refractivity contribution in [1.82, 2.24) is 0 Å². The first kappa shape index (κ1) is 18.8. The Bertz CT molecular complexity index is 774. The molecule has 0 amide bonds. The largest absolute Gasteiger partial charge is 0.0853 e. The van der Waals surface area contributed by atoms with E-state index in [9.17, 15) is 0 Å². The predicted molar refractivity (Wildman–Crippen MR) is 129 cm³/mol. The van der Waals surface area contributed by atoms with Gasteiger partial charge in [0.1, 0.15) is 0 Å². The molecule has 170 valence electrons. The molecule has 0 nitrogen and oxygen atoms in total. The van der Waals surface area contributed by atoms with Crippen molar-refractivity contribution in [2.24, 2.45) is 63.1 Å². The second-order valence-electron chi connectivity index (χ2n) is 16.1. The molecule has 0 spiro atoms. The van der Waals surface area contributed by atoms with Crippen LogP contribution in [-0.4, -0.2) is 4.32 Å². The maximum atomic E-state index is 4.42. The first-order valence-corrected chi connectivity index (χ1v) is 15.4. The van der Waals surface area contributed by atoms with Crippen molar-refractivity contribution in [1.29, 1.82) is 0 Å². The van der Waals surface area contributed by atoms with E-state index >= 15 is 0 Å². The molecule has 0 aromatic carbocycles. The Labute approximate surface area is 198 Å². The van der Waals surface area contributed by atoms with Crippen LogP contribution in [0.5, 0.6) is 0 Å². The summed E-state index contributed by atoms with van der Waals surface area (Å²) in [4.78, 5) is 0. The van der Waals surface area contributed by atoms with Crippen molar-refractivity contribution < 1.29 is 0 Å². The molecule has 4 atom stereocenters. The van der Waals surface area contributed by atoms with Gasteiger partial charge in [0.15, 0.2) is 0 Å². The quantitative estimate of drug-likeness (QED) is 0.345. The summed E-state index contributed by atoms with van der Waals surface area (Å²) < 4.78 is 0.550. The van der Waals surface area contributed by atoms with Gasteiger partial charge in [-0.2, -0.15) is 0 Å². The van der Waals surface area contributed by atoms with Gasteiger partial charge in [-0.05, 0) is 179 Å². The van der Waals surface area contributed by atoms with E-state index in [1.165, 1.54) is 12.8 Å². The van der Waals surface area contributed by atoms with E-state index in [4.69, 9.17) is 0 Å². The van der Waals surface area contributed by atoms with Crippen molar-refractivity contribution >= 4 is 15.9 Å². The van der Waals surface area contributed by atoms with E-state index < -0.39 is 0 Å². The van der Waals surface area contributed by atoms with Crippen molar-refractivity contribution in [2.45, 2.75) is 120 Å². The number of hydrogen-bond acceptors (Lipinski definition) is 0. The highest BCUT2D eigenvalue weighted by Gasteiger charge is 2.73. The second kappa shape index (κ2) is 5.49. The minimum atomic E-state index is 0.550. The Kier molecular flexibility index (Phi) is 3.32. The molecule has 0 aliphatic heterocycles. The zero-order valence-electron chi connectivity index (χ0n) is 19.6. The van der Waals surface area contributed by atoms with Crippen LogP contribution in [0.3, 0.4) is 0 Å². The first-order chi connectivity index (χ1) is 14.9. The Morgan fingerprint density at radius 3 is 1.13 bits per heavy atom. The summed E-state index contributed by atoms with van der Waals surface area (Å²) in [6, 6.07) is 0. The fourth-order valence-electron chi connectivity index (χ4n) is 15.0. The van der Waals surface area contributed by atoms with Crippen LogP contribution < -0.4 is 0 Å². The lowest BCUT2D eigenvalue weighted by atomic mass is 9.28. The van der Waals surface area contributed by atoms with Crippen molar-refractivity contribution in [2.75, 3.05) is 0 Å². The van der Waals surface area contributed by atoms with Gasteiger partial charge in [0.2, 0.25) is 0 Å². The van der Waals surface area contributed by atoms with Gasteiger partial charge < -0.3 is 0 Å². The molecule has 12 aliphatic carbocycles. The molecule has 4 unspecified atom stereocenters. The second-order valence-corrected chi connectivity index (χ2v) is 17.8. The number of halogens is 1. The highest BCUT2D eigenvalue weighted by Crippen LogP contribution is 2.82. The summed E-state index contributed by atoms with van der Waals surface area (Å²) in [5.41, 5.74) is 3.10. The van der Waals surface area contributed by atoms with Crippen molar-refractivity contribution in [3.05, 3.63) is 0 Å². The van der Waals surface area contributed by atoms with E-state index in [0.29, 0.717) is 4.32 Å². The van der Waals surface area contributed by atoms with Crippen LogP contribution in [-0.2, 0) is 0 Å². The Hall–Kier alpha value is 0.480. The molecule has 0 heterocycles. The molecule has 0 radical (unpaired) electrons. The number of hydrogen-bond donors (Lipinski definition) is 0. The molecule has 31 heavy (non-hydrogen) atoms. The lowest BCUT2D eigenvalue weighted by Gasteiger charge is -2.77. The average Bonchev–Trinajstić information content (AvgIpc) is 2.64. The normalized spacial score (nSPS) is 69.4. The molecule has 0 aromatic heterocycles. The highest BCUT2D eigenvalue weighted by molar-refractivity contribution is 9.10. The van der Waals surface area contributed by atoms with Gasteiger partial charge in [0, 0.05) is 4.32 Å². The molecule has 12 bridgehead atoms. The minimum Gasteiger partial charge on any atom is -0.0853 e. The minimum absolute atomic E-state index is 0.550. The predicted octanol–water partition coefficient (Wildman–Crippen LogP) is 8.52. The number of rotatable bonds is 2. The maximum absolute atomic E-state index is 4.42. The fraction of sp³-hybridized carbons (Fsp3) is 1.00. The Balaban J connectivity index is 1.16. The summed E-state index contributed by atoms with van der Waals surface area (Å²) in [6.07, 6.45) is 29.5. The van der Waals surface area contributed by atoms with Gasteiger partial charge in [-0.1, -0.05) is 15.9 Å². The fourth-order valence-corrected chi connectivity index (χ4v) is 16.5. The SMILES string of the molecule is BrC12CC3CC(C1)CC(C14CC5CC(CC(C67CC8CC(CC(C8)C6)C7)(C5)C1)C4)(C3)C2. The van der Waals surface area contributed by atoms with E-state index in [0.717, 1.165) is 63.1 Å². The van der Waals surface area contributed by atoms with Crippen molar-refractivity contribution in [3.63, 3.8) is 0 Å². The van der Waals surface area contributed by atoms with E-state index in [1.54, 1.807) is 103 Å². The van der Waals surface area contributed by atoms with Gasteiger partial charge in [0.25, 0.3) is 0 Å². The maximum Gasteiger partial charge on any atom is 0.0268 e. The molecule has 0 saturated heterocycles. The third-order valence-corrected chi connectivity index (χ3v) is 15.3. The van der Waals surface area contributed by atoms with Crippen LogP contribution in [0.15, 0.2) is 0 Å². The molecule has 0 aromatic rings. The summed E-state index contributed by atoms with van der Waals surface area (Å²) in [5.74, 6) is 7.80. The summed E-state index contributed by atoms with van der Waals surface area (Å²) in [6.45, 7) is 0. The van der Waals surface area contributed by atoms with Crippen LogP contribution in [0, 0.1) is 63.1 Å². The monoisotopic (exact) mass is 482 g/mol. The van der Waals surface area contributed by atoms with Crippen LogP contribution in [0.25, 0.3) is 0 Å². The van der Waals surface area contributed by atoms with Gasteiger partial charge >= 0.3 is 0 Å². The molecule has 12 aliphatic rings.